The number of carbonyl (C=O) groups excluding carboxylic acids is 2. The minimum absolute atomic E-state index is 0.00170. The average Bonchev–Trinajstić information content (AvgIpc) is 3.60. The van der Waals surface area contributed by atoms with Crippen LogP contribution in [0.25, 0.3) is 5.70 Å². The molecule has 9 heteroatoms. The molecule has 9 nitrogen and oxygen atoms in total. The zero-order chi connectivity index (χ0) is 24.7. The molecule has 0 aromatic heterocycles. The van der Waals surface area contributed by atoms with Crippen molar-refractivity contribution in [3.63, 3.8) is 0 Å². The number of amidine groups is 2. The molecule has 0 aliphatic heterocycles. The zero-order valence-electron chi connectivity index (χ0n) is 19.5. The molecule has 1 amide bonds. The number of amides is 1. The Morgan fingerprint density at radius 1 is 1.21 bits per heavy atom. The smallest absolute Gasteiger partial charge is 0.239 e. The van der Waals surface area contributed by atoms with Crippen molar-refractivity contribution in [3.05, 3.63) is 70.9 Å². The Labute approximate surface area is 199 Å². The van der Waals surface area contributed by atoms with Gasteiger partial charge in [0.05, 0.1) is 18.3 Å². The summed E-state index contributed by atoms with van der Waals surface area (Å²) < 4.78 is 0. The van der Waals surface area contributed by atoms with Crippen LogP contribution in [0, 0.1) is 12.3 Å². The Balaban J connectivity index is 1.71. The normalized spacial score (nSPS) is 13.8. The molecule has 0 saturated heterocycles. The summed E-state index contributed by atoms with van der Waals surface area (Å²) in [6.07, 6.45) is 4.35. The van der Waals surface area contributed by atoms with Crippen molar-refractivity contribution in [1.29, 1.82) is 5.41 Å². The summed E-state index contributed by atoms with van der Waals surface area (Å²) in [5, 5.41) is 13.3. The van der Waals surface area contributed by atoms with E-state index >= 15 is 0 Å². The fourth-order valence-corrected chi connectivity index (χ4v) is 3.38. The van der Waals surface area contributed by atoms with E-state index in [1.165, 1.54) is 0 Å². The molecule has 7 N–H and O–H groups in total. The number of aryl methyl sites for hydroxylation is 1. The number of nitrogen functional groups attached to an aromatic ring is 2. The molecule has 1 fully saturated rings. The van der Waals surface area contributed by atoms with E-state index in [-0.39, 0.29) is 30.2 Å². The van der Waals surface area contributed by atoms with E-state index in [1.807, 2.05) is 37.3 Å². The minimum Gasteiger partial charge on any atom is -0.399 e. The number of aliphatic imine (C=N–C) groups is 1. The summed E-state index contributed by atoms with van der Waals surface area (Å²) in [6.45, 7) is 2.38. The van der Waals surface area contributed by atoms with E-state index in [4.69, 9.17) is 16.9 Å². The SMILES string of the molecule is Cc1cc(N)cc(/C(=C/NC(C=O)=NC2CC2)N(C)CC(=O)NCc2ccc(C(=N)N)cc2)c1. The number of rotatable bonds is 10. The van der Waals surface area contributed by atoms with Crippen LogP contribution in [0.15, 0.2) is 53.7 Å². The molecule has 178 valence electrons. The summed E-state index contributed by atoms with van der Waals surface area (Å²) in [5.74, 6) is 0.0845. The predicted molar refractivity (Wildman–Crippen MR) is 135 cm³/mol. The second kappa shape index (κ2) is 11.1. The second-order valence-corrected chi connectivity index (χ2v) is 8.41. The van der Waals surface area contributed by atoms with E-state index in [1.54, 1.807) is 30.3 Å². The quantitative estimate of drug-likeness (QED) is 0.157. The Hall–Kier alpha value is -4.14. The molecular formula is C25H31N7O2. The van der Waals surface area contributed by atoms with E-state index in [2.05, 4.69) is 15.6 Å². The van der Waals surface area contributed by atoms with E-state index in [0.29, 0.717) is 29.8 Å². The van der Waals surface area contributed by atoms with Gasteiger partial charge in [-0.05, 0) is 49.1 Å². The zero-order valence-corrected chi connectivity index (χ0v) is 19.5. The lowest BCUT2D eigenvalue weighted by Gasteiger charge is -2.23. The Kier molecular flexibility index (Phi) is 8.02. The summed E-state index contributed by atoms with van der Waals surface area (Å²) >= 11 is 0. The fourth-order valence-electron chi connectivity index (χ4n) is 3.38. The van der Waals surface area contributed by atoms with E-state index in [0.717, 1.165) is 29.5 Å². The standard InChI is InChI=1S/C25H31N7O2/c1-16-9-19(11-20(26)10-16)22(13-29-23(15-33)31-21-7-8-21)32(2)14-24(34)30-12-17-3-5-18(6-4-17)25(27)28/h3-6,9-11,13,15,21H,7-8,12,14,26H2,1-2H3,(H3,27,28)(H,29,31)(H,30,34)/b22-13-. The van der Waals surface area contributed by atoms with E-state index in [9.17, 15) is 9.59 Å². The van der Waals surface area contributed by atoms with Gasteiger partial charge in [0.15, 0.2) is 12.1 Å². The Morgan fingerprint density at radius 3 is 2.50 bits per heavy atom. The molecule has 0 radical (unpaired) electrons. The van der Waals surface area contributed by atoms with E-state index < -0.39 is 0 Å². The van der Waals surface area contributed by atoms with Gasteiger partial charge in [-0.15, -0.1) is 0 Å². The summed E-state index contributed by atoms with van der Waals surface area (Å²) in [5.41, 5.74) is 16.2. The number of aldehydes is 1. The molecule has 1 aliphatic carbocycles. The van der Waals surface area contributed by atoms with Crippen LogP contribution in [0.3, 0.4) is 0 Å². The van der Waals surface area contributed by atoms with Gasteiger partial charge in [-0.1, -0.05) is 24.3 Å². The highest BCUT2D eigenvalue weighted by molar-refractivity contribution is 6.27. The second-order valence-electron chi connectivity index (χ2n) is 8.41. The molecule has 3 rings (SSSR count). The molecule has 0 unspecified atom stereocenters. The fraction of sp³-hybridized carbons (Fsp3) is 0.280. The molecule has 1 aliphatic rings. The first-order valence-corrected chi connectivity index (χ1v) is 11.0. The lowest BCUT2D eigenvalue weighted by atomic mass is 10.1. The van der Waals surface area contributed by atoms with Crippen LogP contribution < -0.4 is 22.1 Å². The number of nitrogens with two attached hydrogens (primary N) is 2. The van der Waals surface area contributed by atoms with Gasteiger partial charge < -0.3 is 27.0 Å². The number of hydrogen-bond donors (Lipinski definition) is 5. The first kappa shape index (κ1) is 24.5. The van der Waals surface area contributed by atoms with Crippen molar-refractivity contribution in [1.82, 2.24) is 15.5 Å². The summed E-state index contributed by atoms with van der Waals surface area (Å²) in [6, 6.07) is 13.0. The molecule has 0 atom stereocenters. The number of likely N-dealkylation sites (N-methyl/N-ethyl adjacent to an activating group) is 1. The minimum atomic E-state index is -0.174. The lowest BCUT2D eigenvalue weighted by molar-refractivity contribution is -0.121. The van der Waals surface area contributed by atoms with Crippen molar-refractivity contribution < 1.29 is 9.59 Å². The number of benzene rings is 2. The molecule has 0 heterocycles. The van der Waals surface area contributed by atoms with Crippen LogP contribution in [0.1, 0.15) is 35.1 Å². The van der Waals surface area contributed by atoms with Crippen LogP contribution in [-0.2, 0) is 16.1 Å². The molecule has 34 heavy (non-hydrogen) atoms. The number of anilines is 1. The lowest BCUT2D eigenvalue weighted by Crippen LogP contribution is -2.34. The van der Waals surface area contributed by atoms with Gasteiger partial charge in [-0.25, -0.2) is 0 Å². The number of nitrogens with zero attached hydrogens (tertiary/aromatic N) is 2. The van der Waals surface area contributed by atoms with Crippen LogP contribution in [0.5, 0.6) is 0 Å². The van der Waals surface area contributed by atoms with Crippen molar-refractivity contribution in [2.24, 2.45) is 10.7 Å². The summed E-state index contributed by atoms with van der Waals surface area (Å²) in [4.78, 5) is 30.2. The van der Waals surface area contributed by atoms with Gasteiger partial charge in [0, 0.05) is 36.6 Å². The maximum atomic E-state index is 12.7. The van der Waals surface area contributed by atoms with Gasteiger partial charge in [0.25, 0.3) is 0 Å². The maximum Gasteiger partial charge on any atom is 0.239 e. The predicted octanol–water partition coefficient (Wildman–Crippen LogP) is 1.76. The highest BCUT2D eigenvalue weighted by atomic mass is 16.2. The van der Waals surface area contributed by atoms with Crippen molar-refractivity contribution in [3.8, 4) is 0 Å². The third-order valence-corrected chi connectivity index (χ3v) is 5.28. The molecule has 2 aromatic rings. The molecule has 1 saturated carbocycles. The van der Waals surface area contributed by atoms with Gasteiger partial charge in [0.1, 0.15) is 5.84 Å². The van der Waals surface area contributed by atoms with Gasteiger partial charge in [-0.3, -0.25) is 20.0 Å². The van der Waals surface area contributed by atoms with Gasteiger partial charge in [-0.2, -0.15) is 0 Å². The monoisotopic (exact) mass is 461 g/mol. The topological polar surface area (TPSA) is 150 Å². The molecule has 0 bridgehead atoms. The highest BCUT2D eigenvalue weighted by Gasteiger charge is 2.21. The Morgan fingerprint density at radius 2 is 1.91 bits per heavy atom. The number of carbonyl (C=O) groups is 2. The number of nitrogens with one attached hydrogen (secondary N) is 3. The molecule has 0 spiro atoms. The molecular weight excluding hydrogens is 430 g/mol. The largest absolute Gasteiger partial charge is 0.399 e. The number of hydrogen-bond acceptors (Lipinski definition) is 6. The average molecular weight is 462 g/mol. The third-order valence-electron chi connectivity index (χ3n) is 5.28. The van der Waals surface area contributed by atoms with Crippen LogP contribution in [0.4, 0.5) is 5.69 Å². The van der Waals surface area contributed by atoms with Crippen molar-refractivity contribution in [2.45, 2.75) is 32.4 Å². The molecule has 2 aromatic carbocycles. The highest BCUT2D eigenvalue weighted by Crippen LogP contribution is 2.24. The maximum absolute atomic E-state index is 12.7. The van der Waals surface area contributed by atoms with Crippen molar-refractivity contribution in [2.75, 3.05) is 19.3 Å². The Bertz CT molecular complexity index is 1100. The third kappa shape index (κ3) is 7.19. The summed E-state index contributed by atoms with van der Waals surface area (Å²) in [7, 11) is 1.80. The van der Waals surface area contributed by atoms with Crippen LogP contribution in [0.2, 0.25) is 0 Å². The van der Waals surface area contributed by atoms with Crippen molar-refractivity contribution >= 4 is 35.2 Å². The van der Waals surface area contributed by atoms with Gasteiger partial charge >= 0.3 is 0 Å². The van der Waals surface area contributed by atoms with Crippen LogP contribution in [-0.4, -0.2) is 48.4 Å². The van der Waals surface area contributed by atoms with Gasteiger partial charge in [0.2, 0.25) is 5.91 Å². The first-order valence-electron chi connectivity index (χ1n) is 11.0. The first-order chi connectivity index (χ1) is 16.2. The van der Waals surface area contributed by atoms with Crippen LogP contribution >= 0.6 is 0 Å².